The minimum absolute atomic E-state index is 0.0550. The molecule has 0 bridgehead atoms. The second kappa shape index (κ2) is 6.10. The van der Waals surface area contributed by atoms with Crippen molar-refractivity contribution in [3.63, 3.8) is 0 Å². The van der Waals surface area contributed by atoms with Gasteiger partial charge >= 0.3 is 0 Å². The van der Waals surface area contributed by atoms with Crippen molar-refractivity contribution in [1.82, 2.24) is 14.3 Å². The maximum atomic E-state index is 12.5. The van der Waals surface area contributed by atoms with Crippen LogP contribution in [0.1, 0.15) is 22.6 Å². The van der Waals surface area contributed by atoms with Crippen molar-refractivity contribution in [3.05, 3.63) is 68.7 Å². The molecule has 1 aromatic heterocycles. The lowest BCUT2D eigenvalue weighted by molar-refractivity contribution is 0.390. The summed E-state index contributed by atoms with van der Waals surface area (Å²) in [6, 6.07) is 9.21. The van der Waals surface area contributed by atoms with E-state index in [-0.39, 0.29) is 12.1 Å². The van der Waals surface area contributed by atoms with E-state index in [0.29, 0.717) is 30.0 Å². The minimum Gasteiger partial charge on any atom is -0.310 e. The summed E-state index contributed by atoms with van der Waals surface area (Å²) in [6.07, 6.45) is 2.00. The van der Waals surface area contributed by atoms with Crippen LogP contribution in [-0.2, 0) is 23.0 Å². The molecular weight excluding hydrogens is 314 g/mol. The molecule has 2 aromatic rings. The summed E-state index contributed by atoms with van der Waals surface area (Å²) in [6.45, 7) is 2.09. The first-order valence-corrected chi connectivity index (χ1v) is 8.78. The molecule has 1 aliphatic rings. The summed E-state index contributed by atoms with van der Waals surface area (Å²) in [5, 5.41) is 1.18. The van der Waals surface area contributed by atoms with Crippen LogP contribution in [0.3, 0.4) is 0 Å². The van der Waals surface area contributed by atoms with Crippen molar-refractivity contribution < 1.29 is 8.42 Å². The molecular formula is C16H17N3O3S. The average Bonchev–Trinajstić information content (AvgIpc) is 2.53. The molecule has 1 N–H and O–H groups in total. The molecule has 1 aromatic carbocycles. The van der Waals surface area contributed by atoms with Crippen molar-refractivity contribution in [3.8, 4) is 0 Å². The number of rotatable bonds is 3. The predicted octanol–water partition coefficient (Wildman–Crippen LogP) is 1.44. The Balaban J connectivity index is 1.85. The lowest BCUT2D eigenvalue weighted by Gasteiger charge is -2.25. The van der Waals surface area contributed by atoms with Crippen LogP contribution < -0.4 is 5.56 Å². The Labute approximate surface area is 134 Å². The fourth-order valence-corrected chi connectivity index (χ4v) is 3.71. The maximum Gasteiger partial charge on any atom is 0.255 e. The van der Waals surface area contributed by atoms with Crippen LogP contribution in [0.15, 0.2) is 40.5 Å². The zero-order valence-corrected chi connectivity index (χ0v) is 13.5. The zero-order chi connectivity index (χ0) is 16.4. The largest absolute Gasteiger partial charge is 0.310 e. The standard InChI is InChI=1S/C16H17N3O3S/c1-12-17-15-7-9-19(11-14(15)16(20)18-12)23(21,22)10-8-13-5-3-2-4-6-13/h2-6,8,10H,7,9,11H2,1H3,(H,17,18,20). The lowest BCUT2D eigenvalue weighted by Crippen LogP contribution is -2.38. The predicted molar refractivity (Wildman–Crippen MR) is 88.1 cm³/mol. The number of H-pyrrole nitrogens is 1. The average molecular weight is 331 g/mol. The Morgan fingerprint density at radius 2 is 2.00 bits per heavy atom. The van der Waals surface area contributed by atoms with Gasteiger partial charge in [0.05, 0.1) is 11.3 Å². The van der Waals surface area contributed by atoms with Gasteiger partial charge in [0.25, 0.3) is 5.56 Å². The summed E-state index contributed by atoms with van der Waals surface area (Å²) in [7, 11) is -3.58. The summed E-state index contributed by atoms with van der Waals surface area (Å²) >= 11 is 0. The maximum absolute atomic E-state index is 12.5. The number of fused-ring (bicyclic) bond motifs is 1. The normalized spacial score (nSPS) is 15.7. The van der Waals surface area contributed by atoms with E-state index >= 15 is 0 Å². The van der Waals surface area contributed by atoms with E-state index in [9.17, 15) is 13.2 Å². The van der Waals surface area contributed by atoms with Gasteiger partial charge in [-0.25, -0.2) is 13.4 Å². The van der Waals surface area contributed by atoms with Crippen molar-refractivity contribution in [2.24, 2.45) is 0 Å². The molecule has 23 heavy (non-hydrogen) atoms. The molecule has 0 fully saturated rings. The number of nitrogens with one attached hydrogen (secondary N) is 1. The molecule has 0 aliphatic carbocycles. The van der Waals surface area contributed by atoms with E-state index in [0.717, 1.165) is 5.56 Å². The number of hydrogen-bond donors (Lipinski definition) is 1. The van der Waals surface area contributed by atoms with Crippen molar-refractivity contribution in [2.45, 2.75) is 19.9 Å². The molecule has 0 amide bonds. The van der Waals surface area contributed by atoms with Gasteiger partial charge in [0.2, 0.25) is 10.0 Å². The quantitative estimate of drug-likeness (QED) is 0.922. The van der Waals surface area contributed by atoms with E-state index in [2.05, 4.69) is 9.97 Å². The molecule has 0 saturated heterocycles. The first-order chi connectivity index (χ1) is 11.0. The van der Waals surface area contributed by atoms with E-state index in [1.807, 2.05) is 30.3 Å². The molecule has 0 radical (unpaired) electrons. The molecule has 0 atom stereocenters. The first kappa shape index (κ1) is 15.6. The number of aromatic nitrogens is 2. The van der Waals surface area contributed by atoms with E-state index in [1.165, 1.54) is 9.71 Å². The third-order valence-corrected chi connectivity index (χ3v) is 5.26. The van der Waals surface area contributed by atoms with E-state index < -0.39 is 10.0 Å². The Morgan fingerprint density at radius 1 is 1.26 bits per heavy atom. The van der Waals surface area contributed by atoms with Crippen LogP contribution in [0.5, 0.6) is 0 Å². The number of aryl methyl sites for hydroxylation is 1. The summed E-state index contributed by atoms with van der Waals surface area (Å²) in [5.74, 6) is 0.550. The number of nitrogens with zero attached hydrogens (tertiary/aromatic N) is 2. The molecule has 0 unspecified atom stereocenters. The summed E-state index contributed by atoms with van der Waals surface area (Å²) < 4.78 is 26.2. The second-order valence-corrected chi connectivity index (χ2v) is 7.24. The van der Waals surface area contributed by atoms with Crippen LogP contribution in [-0.4, -0.2) is 29.2 Å². The fourth-order valence-electron chi connectivity index (χ4n) is 2.56. The number of benzene rings is 1. The molecule has 1 aliphatic heterocycles. The van der Waals surface area contributed by atoms with Gasteiger partial charge in [0.1, 0.15) is 5.82 Å². The topological polar surface area (TPSA) is 83.1 Å². The lowest BCUT2D eigenvalue weighted by atomic mass is 10.1. The van der Waals surface area contributed by atoms with Gasteiger partial charge in [-0.3, -0.25) is 4.79 Å². The van der Waals surface area contributed by atoms with Crippen molar-refractivity contribution >= 4 is 16.1 Å². The highest BCUT2D eigenvalue weighted by atomic mass is 32.2. The van der Waals surface area contributed by atoms with Gasteiger partial charge in [-0.2, -0.15) is 4.31 Å². The summed E-state index contributed by atoms with van der Waals surface area (Å²) in [5.41, 5.74) is 1.66. The highest BCUT2D eigenvalue weighted by Crippen LogP contribution is 2.18. The Morgan fingerprint density at radius 3 is 2.74 bits per heavy atom. The number of aromatic amines is 1. The third kappa shape index (κ3) is 3.40. The van der Waals surface area contributed by atoms with Crippen LogP contribution in [0.25, 0.3) is 6.08 Å². The van der Waals surface area contributed by atoms with Crippen LogP contribution >= 0.6 is 0 Å². The molecule has 120 valence electrons. The molecule has 0 spiro atoms. The molecule has 2 heterocycles. The Bertz CT molecular complexity index is 902. The van der Waals surface area contributed by atoms with E-state index in [1.54, 1.807) is 13.0 Å². The molecule has 7 heteroatoms. The van der Waals surface area contributed by atoms with Gasteiger partial charge in [-0.1, -0.05) is 30.3 Å². The molecule has 3 rings (SSSR count). The Hall–Kier alpha value is -2.25. The summed E-state index contributed by atoms with van der Waals surface area (Å²) in [4.78, 5) is 18.9. The molecule has 6 nitrogen and oxygen atoms in total. The fraction of sp³-hybridized carbons (Fsp3) is 0.250. The minimum atomic E-state index is -3.58. The first-order valence-electron chi connectivity index (χ1n) is 7.28. The highest BCUT2D eigenvalue weighted by Gasteiger charge is 2.27. The number of hydrogen-bond acceptors (Lipinski definition) is 4. The monoisotopic (exact) mass is 331 g/mol. The van der Waals surface area contributed by atoms with Crippen molar-refractivity contribution in [1.29, 1.82) is 0 Å². The molecule has 0 saturated carbocycles. The zero-order valence-electron chi connectivity index (χ0n) is 12.7. The SMILES string of the molecule is Cc1nc2c(c(=O)[nH]1)CN(S(=O)(=O)C=Cc1ccccc1)CC2. The van der Waals surface area contributed by atoms with Gasteiger partial charge in [-0.05, 0) is 18.6 Å². The van der Waals surface area contributed by atoms with Gasteiger partial charge in [0, 0.05) is 24.9 Å². The van der Waals surface area contributed by atoms with E-state index in [4.69, 9.17) is 0 Å². The van der Waals surface area contributed by atoms with Gasteiger partial charge in [0.15, 0.2) is 0 Å². The van der Waals surface area contributed by atoms with Crippen molar-refractivity contribution in [2.75, 3.05) is 6.54 Å². The third-order valence-electron chi connectivity index (χ3n) is 3.74. The van der Waals surface area contributed by atoms with Gasteiger partial charge < -0.3 is 4.98 Å². The van der Waals surface area contributed by atoms with Crippen LogP contribution in [0, 0.1) is 6.92 Å². The number of sulfonamides is 1. The van der Waals surface area contributed by atoms with Gasteiger partial charge in [-0.15, -0.1) is 0 Å². The Kier molecular flexibility index (Phi) is 4.14. The van der Waals surface area contributed by atoms with Crippen LogP contribution in [0.2, 0.25) is 0 Å². The second-order valence-electron chi connectivity index (χ2n) is 5.42. The van der Waals surface area contributed by atoms with Crippen LogP contribution in [0.4, 0.5) is 0 Å². The smallest absolute Gasteiger partial charge is 0.255 e. The highest BCUT2D eigenvalue weighted by molar-refractivity contribution is 7.92.